The maximum atomic E-state index is 13.2. The summed E-state index contributed by atoms with van der Waals surface area (Å²) in [6, 6.07) is 11.5. The third-order valence-electron chi connectivity index (χ3n) is 4.73. The summed E-state index contributed by atoms with van der Waals surface area (Å²) in [5, 5.41) is 4.35. The predicted octanol–water partition coefficient (Wildman–Crippen LogP) is 4.05. The highest BCUT2D eigenvalue weighted by Crippen LogP contribution is 2.30. The normalized spacial score (nSPS) is 16.6. The van der Waals surface area contributed by atoms with E-state index in [1.165, 1.54) is 12.1 Å². The number of halogens is 2. The first-order valence-corrected chi connectivity index (χ1v) is 9.11. The molecule has 8 heteroatoms. The number of aromatic nitrogens is 2. The number of methoxy groups -OCH3 is 1. The van der Waals surface area contributed by atoms with Gasteiger partial charge in [-0.1, -0.05) is 22.8 Å². The molecule has 3 aromatic rings. The monoisotopic (exact) mass is 401 g/mol. The minimum absolute atomic E-state index is 0.0267. The Kier molecular flexibility index (Phi) is 5.00. The SMILES string of the molecule is COc1ccc(-c2nc(C3CC(=O)N(Cc4ccc(F)cc4Cl)C3)no2)cc1. The summed E-state index contributed by atoms with van der Waals surface area (Å²) in [6.45, 7) is 0.770. The van der Waals surface area contributed by atoms with Crippen molar-refractivity contribution in [1.82, 2.24) is 15.0 Å². The smallest absolute Gasteiger partial charge is 0.257 e. The Balaban J connectivity index is 1.47. The van der Waals surface area contributed by atoms with Crippen LogP contribution in [-0.4, -0.2) is 34.6 Å². The number of likely N-dealkylation sites (tertiary alicyclic amines) is 1. The number of carbonyl (C=O) groups is 1. The summed E-state index contributed by atoms with van der Waals surface area (Å²) in [7, 11) is 1.60. The van der Waals surface area contributed by atoms with Crippen LogP contribution in [0.3, 0.4) is 0 Å². The summed E-state index contributed by atoms with van der Waals surface area (Å²) < 4.78 is 23.7. The average Bonchev–Trinajstić information content (AvgIpc) is 3.31. The van der Waals surface area contributed by atoms with Gasteiger partial charge in [-0.15, -0.1) is 0 Å². The van der Waals surface area contributed by atoms with Gasteiger partial charge in [0.15, 0.2) is 5.82 Å². The van der Waals surface area contributed by atoms with Crippen LogP contribution in [0.5, 0.6) is 5.75 Å². The van der Waals surface area contributed by atoms with Crippen molar-refractivity contribution in [3.8, 4) is 17.2 Å². The first-order chi connectivity index (χ1) is 13.5. The van der Waals surface area contributed by atoms with Crippen molar-refractivity contribution in [1.29, 1.82) is 0 Å². The number of hydrogen-bond acceptors (Lipinski definition) is 5. The summed E-state index contributed by atoms with van der Waals surface area (Å²) >= 11 is 6.08. The van der Waals surface area contributed by atoms with Crippen molar-refractivity contribution in [2.24, 2.45) is 0 Å². The number of ether oxygens (including phenoxy) is 1. The largest absolute Gasteiger partial charge is 0.497 e. The molecule has 0 saturated carbocycles. The van der Waals surface area contributed by atoms with Crippen LogP contribution < -0.4 is 4.74 Å². The summed E-state index contributed by atoms with van der Waals surface area (Å²) in [5.74, 6) is 1.03. The van der Waals surface area contributed by atoms with E-state index < -0.39 is 5.82 Å². The number of benzene rings is 2. The standard InChI is InChI=1S/C20H17ClFN3O3/c1-27-16-6-3-12(4-7-16)20-23-19(24-28-20)14-8-18(26)25(11-14)10-13-2-5-15(22)9-17(13)21/h2-7,9,14H,8,10-11H2,1H3. The molecule has 0 bridgehead atoms. The van der Waals surface area contributed by atoms with E-state index in [1.807, 2.05) is 24.3 Å². The molecular formula is C20H17ClFN3O3. The fourth-order valence-electron chi connectivity index (χ4n) is 3.21. The third-order valence-corrected chi connectivity index (χ3v) is 5.09. The van der Waals surface area contributed by atoms with Crippen molar-refractivity contribution in [2.75, 3.05) is 13.7 Å². The van der Waals surface area contributed by atoms with Gasteiger partial charge in [0.25, 0.3) is 5.89 Å². The minimum atomic E-state index is -0.405. The van der Waals surface area contributed by atoms with Crippen molar-refractivity contribution in [3.63, 3.8) is 0 Å². The number of nitrogens with zero attached hydrogens (tertiary/aromatic N) is 3. The second-order valence-corrected chi connectivity index (χ2v) is 7.00. The van der Waals surface area contributed by atoms with Crippen LogP contribution in [0.15, 0.2) is 47.0 Å². The topological polar surface area (TPSA) is 68.5 Å². The fourth-order valence-corrected chi connectivity index (χ4v) is 3.43. The Labute approximate surface area is 165 Å². The molecule has 1 aliphatic rings. The molecule has 1 amide bonds. The molecule has 6 nitrogen and oxygen atoms in total. The number of carbonyl (C=O) groups excluding carboxylic acids is 1. The van der Waals surface area contributed by atoms with Crippen LogP contribution in [0.2, 0.25) is 5.02 Å². The van der Waals surface area contributed by atoms with E-state index in [0.29, 0.717) is 41.8 Å². The summed E-state index contributed by atoms with van der Waals surface area (Å²) in [6.07, 6.45) is 0.292. The van der Waals surface area contributed by atoms with E-state index in [9.17, 15) is 9.18 Å². The Morgan fingerprint density at radius 2 is 2.07 bits per heavy atom. The molecule has 1 aliphatic heterocycles. The van der Waals surface area contributed by atoms with Gasteiger partial charge in [-0.25, -0.2) is 4.39 Å². The van der Waals surface area contributed by atoms with Gasteiger partial charge in [0.1, 0.15) is 11.6 Å². The molecule has 1 aromatic heterocycles. The first kappa shape index (κ1) is 18.4. The van der Waals surface area contributed by atoms with Gasteiger partial charge >= 0.3 is 0 Å². The Morgan fingerprint density at radius 1 is 1.29 bits per heavy atom. The van der Waals surface area contributed by atoms with Gasteiger partial charge in [-0.05, 0) is 42.0 Å². The van der Waals surface area contributed by atoms with Crippen LogP contribution in [0.1, 0.15) is 23.7 Å². The van der Waals surface area contributed by atoms with Crippen molar-refractivity contribution >= 4 is 17.5 Å². The van der Waals surface area contributed by atoms with Gasteiger partial charge in [0.05, 0.1) is 7.11 Å². The zero-order chi connectivity index (χ0) is 19.7. The molecule has 144 valence electrons. The zero-order valence-corrected chi connectivity index (χ0v) is 15.8. The van der Waals surface area contributed by atoms with E-state index in [0.717, 1.165) is 11.3 Å². The maximum Gasteiger partial charge on any atom is 0.257 e. The van der Waals surface area contributed by atoms with Crippen molar-refractivity contribution < 1.29 is 18.4 Å². The molecule has 1 fully saturated rings. The number of amides is 1. The Morgan fingerprint density at radius 3 is 2.79 bits per heavy atom. The lowest BCUT2D eigenvalue weighted by Crippen LogP contribution is -2.24. The highest BCUT2D eigenvalue weighted by molar-refractivity contribution is 6.31. The predicted molar refractivity (Wildman–Crippen MR) is 100 cm³/mol. The fraction of sp³-hybridized carbons (Fsp3) is 0.250. The highest BCUT2D eigenvalue weighted by Gasteiger charge is 2.34. The van der Waals surface area contributed by atoms with Gasteiger partial charge < -0.3 is 14.2 Å². The van der Waals surface area contributed by atoms with Gasteiger partial charge in [-0.3, -0.25) is 4.79 Å². The molecule has 1 atom stereocenters. The molecule has 0 spiro atoms. The number of hydrogen-bond donors (Lipinski definition) is 0. The molecule has 2 aromatic carbocycles. The van der Waals surface area contributed by atoms with E-state index in [1.54, 1.807) is 18.1 Å². The average molecular weight is 402 g/mol. The van der Waals surface area contributed by atoms with E-state index >= 15 is 0 Å². The minimum Gasteiger partial charge on any atom is -0.497 e. The lowest BCUT2D eigenvalue weighted by molar-refractivity contribution is -0.128. The molecule has 0 N–H and O–H groups in total. The summed E-state index contributed by atoms with van der Waals surface area (Å²) in [5.41, 5.74) is 1.47. The molecule has 0 radical (unpaired) electrons. The molecule has 4 rings (SSSR count). The van der Waals surface area contributed by atoms with E-state index in [-0.39, 0.29) is 11.8 Å². The van der Waals surface area contributed by atoms with Crippen LogP contribution >= 0.6 is 11.6 Å². The molecule has 2 heterocycles. The Bertz CT molecular complexity index is 1010. The molecule has 0 aliphatic carbocycles. The van der Waals surface area contributed by atoms with Crippen LogP contribution in [0.25, 0.3) is 11.5 Å². The van der Waals surface area contributed by atoms with Gasteiger partial charge in [-0.2, -0.15) is 4.98 Å². The summed E-state index contributed by atoms with van der Waals surface area (Å²) in [4.78, 5) is 18.5. The molecule has 1 unspecified atom stereocenters. The molecule has 28 heavy (non-hydrogen) atoms. The van der Waals surface area contributed by atoms with Crippen molar-refractivity contribution in [2.45, 2.75) is 18.9 Å². The van der Waals surface area contributed by atoms with Crippen molar-refractivity contribution in [3.05, 3.63) is 64.7 Å². The van der Waals surface area contributed by atoms with Crippen LogP contribution in [-0.2, 0) is 11.3 Å². The molecular weight excluding hydrogens is 385 g/mol. The highest BCUT2D eigenvalue weighted by atomic mass is 35.5. The first-order valence-electron chi connectivity index (χ1n) is 8.73. The second kappa shape index (κ2) is 7.59. The van der Waals surface area contributed by atoms with Gasteiger partial charge in [0, 0.05) is 36.0 Å². The van der Waals surface area contributed by atoms with Gasteiger partial charge in [0.2, 0.25) is 5.91 Å². The maximum absolute atomic E-state index is 13.2. The van der Waals surface area contributed by atoms with E-state index in [2.05, 4.69) is 10.1 Å². The lowest BCUT2D eigenvalue weighted by Gasteiger charge is -2.17. The Hall–Kier alpha value is -2.93. The second-order valence-electron chi connectivity index (χ2n) is 6.60. The zero-order valence-electron chi connectivity index (χ0n) is 15.1. The quantitative estimate of drug-likeness (QED) is 0.645. The third kappa shape index (κ3) is 3.71. The molecule has 1 saturated heterocycles. The lowest BCUT2D eigenvalue weighted by atomic mass is 10.1. The van der Waals surface area contributed by atoms with Crippen LogP contribution in [0.4, 0.5) is 4.39 Å². The number of rotatable bonds is 5. The van der Waals surface area contributed by atoms with Crippen LogP contribution in [0, 0.1) is 5.82 Å². The van der Waals surface area contributed by atoms with E-state index in [4.69, 9.17) is 20.9 Å².